The zero-order chi connectivity index (χ0) is 23.2. The number of fused-ring (bicyclic) bond motifs is 1. The molecule has 1 aromatic rings. The van der Waals surface area contributed by atoms with Gasteiger partial charge >= 0.3 is 0 Å². The predicted molar refractivity (Wildman–Crippen MR) is 124 cm³/mol. The number of rotatable bonds is 9. The van der Waals surface area contributed by atoms with Gasteiger partial charge in [-0.05, 0) is 37.8 Å². The molecule has 1 saturated carbocycles. The van der Waals surface area contributed by atoms with Crippen molar-refractivity contribution >= 4 is 11.8 Å². The summed E-state index contributed by atoms with van der Waals surface area (Å²) in [4.78, 5) is 28.5. The number of carbonyl (C=O) groups is 2. The molecule has 0 aromatic heterocycles. The van der Waals surface area contributed by atoms with Crippen LogP contribution in [0.2, 0.25) is 0 Å². The lowest BCUT2D eigenvalue weighted by Gasteiger charge is -2.36. The molecule has 2 saturated heterocycles. The fourth-order valence-electron chi connectivity index (χ4n) is 5.64. The normalized spacial score (nSPS) is 27.2. The molecule has 33 heavy (non-hydrogen) atoms. The number of ether oxygens (including phenoxy) is 1. The third kappa shape index (κ3) is 5.55. The molecule has 2 heterocycles. The molecule has 0 bridgehead atoms. The largest absolute Gasteiger partial charge is 0.370 e. The number of nitrogens with one attached hydrogen (secondary N) is 3. The molecular weight excluding hydrogens is 423 g/mol. The summed E-state index contributed by atoms with van der Waals surface area (Å²) < 4.78 is 19.6. The number of halogens is 1. The second-order valence-corrected chi connectivity index (χ2v) is 9.54. The van der Waals surface area contributed by atoms with Crippen LogP contribution in [0.4, 0.5) is 4.39 Å². The van der Waals surface area contributed by atoms with E-state index in [0.29, 0.717) is 19.7 Å². The van der Waals surface area contributed by atoms with E-state index in [2.05, 4.69) is 16.0 Å². The van der Waals surface area contributed by atoms with Gasteiger partial charge in [-0.2, -0.15) is 0 Å². The Morgan fingerprint density at radius 2 is 1.94 bits per heavy atom. The number of amides is 2. The van der Waals surface area contributed by atoms with Gasteiger partial charge in [0, 0.05) is 19.1 Å². The van der Waals surface area contributed by atoms with Crippen molar-refractivity contribution in [2.75, 3.05) is 26.8 Å². The fourth-order valence-corrected chi connectivity index (χ4v) is 5.64. The van der Waals surface area contributed by atoms with Crippen LogP contribution in [0, 0.1) is 5.92 Å². The first-order valence-corrected chi connectivity index (χ1v) is 12.4. The van der Waals surface area contributed by atoms with Crippen LogP contribution in [0.25, 0.3) is 0 Å². The van der Waals surface area contributed by atoms with Crippen molar-refractivity contribution in [3.63, 3.8) is 0 Å². The van der Waals surface area contributed by atoms with Gasteiger partial charge in [-0.3, -0.25) is 9.59 Å². The number of benzene rings is 1. The molecule has 1 aliphatic carbocycles. The zero-order valence-electron chi connectivity index (χ0n) is 19.5. The Balaban J connectivity index is 1.47. The van der Waals surface area contributed by atoms with Crippen LogP contribution in [0.3, 0.4) is 0 Å². The summed E-state index contributed by atoms with van der Waals surface area (Å²) >= 11 is 0. The summed E-state index contributed by atoms with van der Waals surface area (Å²) in [6, 6.07) is 8.64. The molecule has 0 spiro atoms. The topological polar surface area (TPSA) is 82.7 Å². The summed E-state index contributed by atoms with van der Waals surface area (Å²) in [5, 5.41) is 9.15. The lowest BCUT2D eigenvalue weighted by molar-refractivity contribution is -0.141. The van der Waals surface area contributed by atoms with Gasteiger partial charge in [0.15, 0.2) is 0 Å². The fraction of sp³-hybridized carbons (Fsp3) is 0.680. The number of nitrogens with zero attached hydrogens (tertiary/aromatic N) is 1. The Bertz CT molecular complexity index is 785. The summed E-state index contributed by atoms with van der Waals surface area (Å²) in [7, 11) is 1.56. The van der Waals surface area contributed by atoms with Gasteiger partial charge in [0.25, 0.3) is 0 Å². The van der Waals surface area contributed by atoms with E-state index < -0.39 is 24.7 Å². The van der Waals surface area contributed by atoms with Crippen molar-refractivity contribution in [1.82, 2.24) is 20.9 Å². The van der Waals surface area contributed by atoms with Gasteiger partial charge in [-0.15, -0.1) is 0 Å². The van der Waals surface area contributed by atoms with Crippen LogP contribution in [-0.4, -0.2) is 73.8 Å². The Labute approximate surface area is 195 Å². The van der Waals surface area contributed by atoms with E-state index in [-0.39, 0.29) is 30.0 Å². The van der Waals surface area contributed by atoms with E-state index in [0.717, 1.165) is 44.1 Å². The maximum Gasteiger partial charge on any atom is 0.245 e. The van der Waals surface area contributed by atoms with Gasteiger partial charge < -0.3 is 25.6 Å². The van der Waals surface area contributed by atoms with Crippen molar-refractivity contribution in [3.8, 4) is 0 Å². The minimum Gasteiger partial charge on any atom is -0.370 e. The molecule has 2 amide bonds. The van der Waals surface area contributed by atoms with Crippen molar-refractivity contribution < 1.29 is 18.7 Å². The van der Waals surface area contributed by atoms with Gasteiger partial charge in [0.05, 0.1) is 18.8 Å². The van der Waals surface area contributed by atoms with Gasteiger partial charge in [0.1, 0.15) is 18.8 Å². The molecule has 182 valence electrons. The van der Waals surface area contributed by atoms with Crippen LogP contribution >= 0.6 is 0 Å². The second-order valence-electron chi connectivity index (χ2n) is 9.54. The molecule has 8 heteroatoms. The Hall–Kier alpha value is -2.03. The number of hydrogen-bond donors (Lipinski definition) is 3. The first kappa shape index (κ1) is 24.1. The van der Waals surface area contributed by atoms with Crippen molar-refractivity contribution in [2.45, 2.75) is 75.4 Å². The highest BCUT2D eigenvalue weighted by Crippen LogP contribution is 2.32. The van der Waals surface area contributed by atoms with E-state index in [9.17, 15) is 14.0 Å². The summed E-state index contributed by atoms with van der Waals surface area (Å²) in [5.41, 5.74) is 1.11. The van der Waals surface area contributed by atoms with Crippen LogP contribution in [0.5, 0.6) is 0 Å². The molecule has 5 atom stereocenters. The van der Waals surface area contributed by atoms with E-state index in [1.54, 1.807) is 7.05 Å². The maximum absolute atomic E-state index is 13.9. The average Bonchev–Trinajstić information content (AvgIpc) is 3.45. The van der Waals surface area contributed by atoms with Gasteiger partial charge in [0.2, 0.25) is 11.8 Å². The lowest BCUT2D eigenvalue weighted by Crippen LogP contribution is -2.58. The molecule has 3 N–H and O–H groups in total. The smallest absolute Gasteiger partial charge is 0.245 e. The molecule has 1 aromatic carbocycles. The number of likely N-dealkylation sites (tertiary alicyclic amines) is 1. The standard InChI is InChI=1S/C25H37FN4O3/c1-27-20(14-26)24(31)29-22(18-10-6-3-7-11-18)25(32)30-13-12-19-23(30)21(15-28-19)33-16-17-8-4-2-5-9-17/h2,4-5,8-9,18-23,27-28H,3,6-7,10-16H2,1H3,(H,29,31)/t19-,20+,21+,22+,23?/m1/s1. The van der Waals surface area contributed by atoms with Crippen LogP contribution in [-0.2, 0) is 20.9 Å². The average molecular weight is 461 g/mol. The third-order valence-corrected chi connectivity index (χ3v) is 7.51. The number of likely N-dealkylation sites (N-methyl/N-ethyl adjacent to an activating group) is 1. The first-order valence-electron chi connectivity index (χ1n) is 12.4. The van der Waals surface area contributed by atoms with Gasteiger partial charge in [-0.25, -0.2) is 4.39 Å². The minimum atomic E-state index is -0.940. The highest BCUT2D eigenvalue weighted by molar-refractivity contribution is 5.90. The molecule has 7 nitrogen and oxygen atoms in total. The molecule has 4 rings (SSSR count). The SMILES string of the molecule is CN[C@@H](CF)C(=O)N[C@H](C(=O)N1CC[C@H]2NC[C@H](OCc3ccccc3)C21)C1CCCCC1. The summed E-state index contributed by atoms with van der Waals surface area (Å²) in [6.45, 7) is 1.04. The highest BCUT2D eigenvalue weighted by atomic mass is 19.1. The third-order valence-electron chi connectivity index (χ3n) is 7.51. The Morgan fingerprint density at radius 3 is 2.64 bits per heavy atom. The van der Waals surface area contributed by atoms with Crippen LogP contribution in [0.15, 0.2) is 30.3 Å². The molecular formula is C25H37FN4O3. The molecule has 3 fully saturated rings. The first-order chi connectivity index (χ1) is 16.1. The van der Waals surface area contributed by atoms with Crippen molar-refractivity contribution in [1.29, 1.82) is 0 Å². The van der Waals surface area contributed by atoms with Crippen LogP contribution in [0.1, 0.15) is 44.1 Å². The van der Waals surface area contributed by atoms with Crippen molar-refractivity contribution in [2.24, 2.45) is 5.92 Å². The zero-order valence-corrected chi connectivity index (χ0v) is 19.5. The molecule has 2 aliphatic heterocycles. The highest BCUT2D eigenvalue weighted by Gasteiger charge is 2.49. The number of alkyl halides is 1. The molecule has 1 unspecified atom stereocenters. The van der Waals surface area contributed by atoms with E-state index in [1.165, 1.54) is 0 Å². The quantitative estimate of drug-likeness (QED) is 0.523. The number of carbonyl (C=O) groups excluding carboxylic acids is 2. The maximum atomic E-state index is 13.9. The van der Waals surface area contributed by atoms with Crippen LogP contribution < -0.4 is 16.0 Å². The minimum absolute atomic E-state index is 0.0477. The van der Waals surface area contributed by atoms with Crippen molar-refractivity contribution in [3.05, 3.63) is 35.9 Å². The van der Waals surface area contributed by atoms with E-state index in [4.69, 9.17) is 4.74 Å². The lowest BCUT2D eigenvalue weighted by atomic mass is 9.83. The Morgan fingerprint density at radius 1 is 1.18 bits per heavy atom. The predicted octanol–water partition coefficient (Wildman–Crippen LogP) is 1.77. The van der Waals surface area contributed by atoms with E-state index in [1.807, 2.05) is 35.2 Å². The monoisotopic (exact) mass is 460 g/mol. The summed E-state index contributed by atoms with van der Waals surface area (Å²) in [6.07, 6.45) is 5.85. The molecule has 3 aliphatic rings. The molecule has 0 radical (unpaired) electrons. The Kier molecular flexibility index (Phi) is 8.33. The second kappa shape index (κ2) is 11.4. The number of hydrogen-bond acceptors (Lipinski definition) is 5. The van der Waals surface area contributed by atoms with E-state index >= 15 is 0 Å². The van der Waals surface area contributed by atoms with Gasteiger partial charge in [-0.1, -0.05) is 49.6 Å². The summed E-state index contributed by atoms with van der Waals surface area (Å²) in [5.74, 6) is -0.404.